The first-order chi connectivity index (χ1) is 9.60. The summed E-state index contributed by atoms with van der Waals surface area (Å²) in [5.41, 5.74) is 7.05. The fourth-order valence-corrected chi connectivity index (χ4v) is 2.00. The summed E-state index contributed by atoms with van der Waals surface area (Å²) in [6, 6.07) is 3.17. The molecule has 0 saturated heterocycles. The first kappa shape index (κ1) is 16.6. The predicted octanol–water partition coefficient (Wildman–Crippen LogP) is 2.94. The lowest BCUT2D eigenvalue weighted by Crippen LogP contribution is -2.13. The Kier molecular flexibility index (Phi) is 7.18. The van der Waals surface area contributed by atoms with Crippen LogP contribution in [0.25, 0.3) is 0 Å². The van der Waals surface area contributed by atoms with Crippen LogP contribution in [0.15, 0.2) is 12.1 Å². The Bertz CT molecular complexity index is 452. The molecule has 0 radical (unpaired) electrons. The van der Waals surface area contributed by atoms with E-state index in [1.165, 1.54) is 0 Å². The zero-order valence-corrected chi connectivity index (χ0v) is 12.6. The molecule has 20 heavy (non-hydrogen) atoms. The number of ether oxygens (including phenoxy) is 2. The van der Waals surface area contributed by atoms with E-state index in [0.717, 1.165) is 6.42 Å². The molecule has 1 aromatic rings. The van der Waals surface area contributed by atoms with Crippen LogP contribution in [0.3, 0.4) is 0 Å². The van der Waals surface area contributed by atoms with Crippen LogP contribution in [-0.4, -0.2) is 32.3 Å². The van der Waals surface area contributed by atoms with E-state index in [1.807, 2.05) is 6.92 Å². The third kappa shape index (κ3) is 4.90. The highest BCUT2D eigenvalue weighted by atomic mass is 35.5. The monoisotopic (exact) mass is 300 g/mol. The standard InChI is InChI=1S/C14H21ClN2O3/c1-3-19-7-5-6-17-13-11(14(18)20-4-2)8-10(16)9-12(13)15/h8-9,17H,3-7,16H2,1-2H3. The number of nitrogen functional groups attached to an aromatic ring is 1. The normalized spacial score (nSPS) is 10.3. The Hall–Kier alpha value is -1.46. The molecule has 0 saturated carbocycles. The molecule has 0 fully saturated rings. The summed E-state index contributed by atoms with van der Waals surface area (Å²) in [4.78, 5) is 11.9. The fourth-order valence-electron chi connectivity index (χ4n) is 1.71. The summed E-state index contributed by atoms with van der Waals surface area (Å²) in [7, 11) is 0. The first-order valence-electron chi connectivity index (χ1n) is 6.67. The summed E-state index contributed by atoms with van der Waals surface area (Å²) in [5.74, 6) is -0.436. The van der Waals surface area contributed by atoms with Gasteiger partial charge in [-0.1, -0.05) is 11.6 Å². The van der Waals surface area contributed by atoms with Crippen molar-refractivity contribution in [1.29, 1.82) is 0 Å². The number of nitrogens with two attached hydrogens (primary N) is 1. The van der Waals surface area contributed by atoms with E-state index < -0.39 is 5.97 Å². The highest BCUT2D eigenvalue weighted by Gasteiger charge is 2.16. The summed E-state index contributed by atoms with van der Waals surface area (Å²) in [5, 5.41) is 3.55. The van der Waals surface area contributed by atoms with Crippen molar-refractivity contribution in [2.45, 2.75) is 20.3 Å². The Labute approximate surface area is 124 Å². The number of benzene rings is 1. The number of hydrogen-bond acceptors (Lipinski definition) is 5. The average molecular weight is 301 g/mol. The smallest absolute Gasteiger partial charge is 0.340 e. The number of nitrogens with one attached hydrogen (secondary N) is 1. The van der Waals surface area contributed by atoms with Crippen LogP contribution in [0, 0.1) is 0 Å². The number of hydrogen-bond donors (Lipinski definition) is 2. The molecule has 0 atom stereocenters. The van der Waals surface area contributed by atoms with Crippen LogP contribution >= 0.6 is 11.6 Å². The van der Waals surface area contributed by atoms with Gasteiger partial charge in [0.2, 0.25) is 0 Å². The summed E-state index contributed by atoms with van der Waals surface area (Å²) in [6.45, 7) is 6.00. The molecule has 0 bridgehead atoms. The molecule has 0 aliphatic rings. The van der Waals surface area contributed by atoms with Gasteiger partial charge in [0.05, 0.1) is 22.9 Å². The third-order valence-electron chi connectivity index (χ3n) is 2.58. The van der Waals surface area contributed by atoms with Gasteiger partial charge in [-0.05, 0) is 32.4 Å². The van der Waals surface area contributed by atoms with Gasteiger partial charge in [-0.25, -0.2) is 4.79 Å². The minimum atomic E-state index is -0.436. The van der Waals surface area contributed by atoms with E-state index in [2.05, 4.69) is 5.32 Å². The lowest BCUT2D eigenvalue weighted by Gasteiger charge is -2.14. The Morgan fingerprint density at radius 3 is 2.75 bits per heavy atom. The van der Waals surface area contributed by atoms with Crippen LogP contribution in [0.2, 0.25) is 5.02 Å². The average Bonchev–Trinajstić information content (AvgIpc) is 2.40. The van der Waals surface area contributed by atoms with E-state index in [9.17, 15) is 4.79 Å². The zero-order chi connectivity index (χ0) is 15.0. The molecule has 0 aliphatic carbocycles. The second-order valence-electron chi connectivity index (χ2n) is 4.12. The fraction of sp³-hybridized carbons (Fsp3) is 0.500. The molecular weight excluding hydrogens is 280 g/mol. The van der Waals surface area contributed by atoms with Gasteiger partial charge in [-0.15, -0.1) is 0 Å². The molecule has 0 aliphatic heterocycles. The van der Waals surface area contributed by atoms with Gasteiger partial charge in [0.15, 0.2) is 0 Å². The highest BCUT2D eigenvalue weighted by molar-refractivity contribution is 6.34. The minimum Gasteiger partial charge on any atom is -0.462 e. The van der Waals surface area contributed by atoms with Crippen LogP contribution in [-0.2, 0) is 9.47 Å². The maximum absolute atomic E-state index is 11.9. The second-order valence-corrected chi connectivity index (χ2v) is 4.53. The number of halogens is 1. The first-order valence-corrected chi connectivity index (χ1v) is 7.05. The van der Waals surface area contributed by atoms with Crippen LogP contribution in [0.1, 0.15) is 30.6 Å². The molecule has 0 unspecified atom stereocenters. The summed E-state index contributed by atoms with van der Waals surface area (Å²) in [6.07, 6.45) is 0.816. The Morgan fingerprint density at radius 1 is 1.35 bits per heavy atom. The topological polar surface area (TPSA) is 73.6 Å². The van der Waals surface area contributed by atoms with E-state index in [1.54, 1.807) is 19.1 Å². The van der Waals surface area contributed by atoms with Crippen LogP contribution in [0.4, 0.5) is 11.4 Å². The van der Waals surface area contributed by atoms with E-state index in [0.29, 0.717) is 48.3 Å². The van der Waals surface area contributed by atoms with Gasteiger partial charge in [0.25, 0.3) is 0 Å². The van der Waals surface area contributed by atoms with Crippen LogP contribution in [0.5, 0.6) is 0 Å². The molecular formula is C14H21ClN2O3. The minimum absolute atomic E-state index is 0.301. The Balaban J connectivity index is 2.79. The molecule has 0 aromatic heterocycles. The van der Waals surface area contributed by atoms with Crippen molar-refractivity contribution >= 4 is 28.9 Å². The molecule has 6 heteroatoms. The van der Waals surface area contributed by atoms with Crippen molar-refractivity contribution in [3.8, 4) is 0 Å². The van der Waals surface area contributed by atoms with Gasteiger partial charge in [0.1, 0.15) is 0 Å². The maximum atomic E-state index is 11.9. The van der Waals surface area contributed by atoms with Gasteiger partial charge in [-0.2, -0.15) is 0 Å². The second kappa shape index (κ2) is 8.66. The van der Waals surface area contributed by atoms with Crippen molar-refractivity contribution in [2.24, 2.45) is 0 Å². The molecule has 1 rings (SSSR count). The molecule has 5 nitrogen and oxygen atoms in total. The van der Waals surface area contributed by atoms with Crippen molar-refractivity contribution < 1.29 is 14.3 Å². The van der Waals surface area contributed by atoms with Crippen molar-refractivity contribution in [3.63, 3.8) is 0 Å². The lowest BCUT2D eigenvalue weighted by molar-refractivity contribution is 0.0527. The molecule has 0 spiro atoms. The molecule has 3 N–H and O–H groups in total. The van der Waals surface area contributed by atoms with E-state index in [4.69, 9.17) is 26.8 Å². The van der Waals surface area contributed by atoms with Gasteiger partial charge >= 0.3 is 5.97 Å². The molecule has 0 amide bonds. The number of rotatable bonds is 8. The summed E-state index contributed by atoms with van der Waals surface area (Å²) >= 11 is 6.14. The predicted molar refractivity (Wildman–Crippen MR) is 81.4 cm³/mol. The highest BCUT2D eigenvalue weighted by Crippen LogP contribution is 2.29. The van der Waals surface area contributed by atoms with Crippen molar-refractivity contribution in [2.75, 3.05) is 37.4 Å². The molecule has 112 valence electrons. The van der Waals surface area contributed by atoms with Gasteiger partial charge < -0.3 is 20.5 Å². The molecule has 1 aromatic carbocycles. The van der Waals surface area contributed by atoms with Crippen molar-refractivity contribution in [1.82, 2.24) is 0 Å². The SMILES string of the molecule is CCOCCCNc1c(Cl)cc(N)cc1C(=O)OCC. The van der Waals surface area contributed by atoms with E-state index >= 15 is 0 Å². The third-order valence-corrected chi connectivity index (χ3v) is 2.88. The number of carbonyl (C=O) groups is 1. The van der Waals surface area contributed by atoms with Gasteiger partial charge in [0, 0.05) is 25.4 Å². The van der Waals surface area contributed by atoms with E-state index in [-0.39, 0.29) is 0 Å². The number of carbonyl (C=O) groups excluding carboxylic acids is 1. The summed E-state index contributed by atoms with van der Waals surface area (Å²) < 4.78 is 10.3. The molecule has 0 heterocycles. The Morgan fingerprint density at radius 2 is 2.10 bits per heavy atom. The largest absolute Gasteiger partial charge is 0.462 e. The maximum Gasteiger partial charge on any atom is 0.340 e. The number of esters is 1. The zero-order valence-electron chi connectivity index (χ0n) is 11.9. The van der Waals surface area contributed by atoms with Gasteiger partial charge in [-0.3, -0.25) is 0 Å². The van der Waals surface area contributed by atoms with Crippen LogP contribution < -0.4 is 11.1 Å². The van der Waals surface area contributed by atoms with Crippen molar-refractivity contribution in [3.05, 3.63) is 22.7 Å². The lowest BCUT2D eigenvalue weighted by atomic mass is 10.1. The quantitative estimate of drug-likeness (QED) is 0.439. The number of anilines is 2.